The maximum absolute atomic E-state index is 11.3. The molecule has 21 heavy (non-hydrogen) atoms. The van der Waals surface area contributed by atoms with Crippen molar-refractivity contribution >= 4 is 23.0 Å². The van der Waals surface area contributed by atoms with Gasteiger partial charge in [-0.05, 0) is 25.0 Å². The fourth-order valence-electron chi connectivity index (χ4n) is 1.86. The molecule has 0 saturated heterocycles. The largest absolute Gasteiger partial charge is 0.364 e. The molecule has 2 aromatic rings. The van der Waals surface area contributed by atoms with Crippen molar-refractivity contribution in [3.05, 3.63) is 46.3 Å². The lowest BCUT2D eigenvalue weighted by atomic mass is 10.2. The molecule has 0 aliphatic heterocycles. The van der Waals surface area contributed by atoms with Crippen LogP contribution >= 0.6 is 0 Å². The number of rotatable bonds is 6. The summed E-state index contributed by atoms with van der Waals surface area (Å²) in [5.41, 5.74) is 1.61. The van der Waals surface area contributed by atoms with Gasteiger partial charge >= 0.3 is 5.69 Å². The van der Waals surface area contributed by atoms with Crippen molar-refractivity contribution < 1.29 is 4.92 Å². The average molecular weight is 287 g/mol. The summed E-state index contributed by atoms with van der Waals surface area (Å²) in [6.07, 6.45) is 2.16. The van der Waals surface area contributed by atoms with Crippen LogP contribution < -0.4 is 10.6 Å². The maximum Gasteiger partial charge on any atom is 0.353 e. The van der Waals surface area contributed by atoms with E-state index in [9.17, 15) is 10.1 Å². The van der Waals surface area contributed by atoms with Crippen LogP contribution in [0.2, 0.25) is 0 Å². The number of anilines is 3. The zero-order chi connectivity index (χ0) is 15.2. The van der Waals surface area contributed by atoms with E-state index in [1.54, 1.807) is 0 Å². The molecule has 0 bridgehead atoms. The first-order chi connectivity index (χ1) is 10.1. The Bertz CT molecular complexity index is 645. The Kier molecular flexibility index (Phi) is 4.65. The maximum atomic E-state index is 11.3. The molecule has 7 nitrogen and oxygen atoms in total. The molecule has 0 aliphatic rings. The molecule has 0 aliphatic carbocycles. The van der Waals surface area contributed by atoms with Gasteiger partial charge in [0, 0.05) is 12.2 Å². The minimum absolute atomic E-state index is 0.144. The molecule has 0 spiro atoms. The lowest BCUT2D eigenvalue weighted by molar-refractivity contribution is -0.383. The van der Waals surface area contributed by atoms with Gasteiger partial charge in [0.2, 0.25) is 11.6 Å². The third-order valence-corrected chi connectivity index (χ3v) is 2.95. The van der Waals surface area contributed by atoms with E-state index in [2.05, 4.69) is 20.6 Å². The van der Waals surface area contributed by atoms with E-state index in [1.165, 1.54) is 6.33 Å². The molecule has 2 N–H and O–H groups in total. The topological polar surface area (TPSA) is 93.0 Å². The smallest absolute Gasteiger partial charge is 0.353 e. The SMILES string of the molecule is CCCNc1ncnc(Nc2ccccc2C)c1[N+](=O)[O-]. The van der Waals surface area contributed by atoms with E-state index < -0.39 is 4.92 Å². The van der Waals surface area contributed by atoms with Crippen LogP contribution in [0.4, 0.5) is 23.0 Å². The molecule has 1 aromatic carbocycles. The van der Waals surface area contributed by atoms with Gasteiger partial charge in [0.15, 0.2) is 0 Å². The second kappa shape index (κ2) is 6.65. The van der Waals surface area contributed by atoms with E-state index >= 15 is 0 Å². The van der Waals surface area contributed by atoms with E-state index in [0.29, 0.717) is 6.54 Å². The number of benzene rings is 1. The van der Waals surface area contributed by atoms with Gasteiger partial charge < -0.3 is 10.6 Å². The summed E-state index contributed by atoms with van der Waals surface area (Å²) in [5, 5.41) is 17.3. The lowest BCUT2D eigenvalue weighted by Crippen LogP contribution is -2.09. The molecule has 1 heterocycles. The first kappa shape index (κ1) is 14.7. The number of nitro groups is 1. The Balaban J connectivity index is 2.39. The van der Waals surface area contributed by atoms with Gasteiger partial charge in [0.05, 0.1) is 4.92 Å². The molecule has 0 saturated carbocycles. The van der Waals surface area contributed by atoms with E-state index in [0.717, 1.165) is 17.7 Å². The molecular formula is C14H17N5O2. The van der Waals surface area contributed by atoms with Crippen LogP contribution in [-0.4, -0.2) is 21.4 Å². The van der Waals surface area contributed by atoms with E-state index in [1.807, 2.05) is 38.1 Å². The highest BCUT2D eigenvalue weighted by atomic mass is 16.6. The Morgan fingerprint density at radius 2 is 1.95 bits per heavy atom. The van der Waals surface area contributed by atoms with Crippen molar-refractivity contribution in [3.63, 3.8) is 0 Å². The van der Waals surface area contributed by atoms with Crippen LogP contribution in [0.3, 0.4) is 0 Å². The van der Waals surface area contributed by atoms with Gasteiger partial charge in [-0.15, -0.1) is 0 Å². The molecule has 0 amide bonds. The van der Waals surface area contributed by atoms with Crippen LogP contribution in [0.25, 0.3) is 0 Å². The Morgan fingerprint density at radius 1 is 1.24 bits per heavy atom. The van der Waals surface area contributed by atoms with Crippen LogP contribution in [0, 0.1) is 17.0 Å². The molecule has 0 unspecified atom stereocenters. The minimum atomic E-state index is -0.474. The zero-order valence-electron chi connectivity index (χ0n) is 12.0. The van der Waals surface area contributed by atoms with Crippen molar-refractivity contribution in [2.45, 2.75) is 20.3 Å². The summed E-state index contributed by atoms with van der Waals surface area (Å²) in [5.74, 6) is 0.413. The Hall–Kier alpha value is -2.70. The first-order valence-electron chi connectivity index (χ1n) is 6.69. The van der Waals surface area contributed by atoms with Crippen LogP contribution in [0.1, 0.15) is 18.9 Å². The van der Waals surface area contributed by atoms with Gasteiger partial charge in [-0.3, -0.25) is 10.1 Å². The number of hydrogen-bond acceptors (Lipinski definition) is 6. The van der Waals surface area contributed by atoms with Crippen molar-refractivity contribution in [3.8, 4) is 0 Å². The number of hydrogen-bond donors (Lipinski definition) is 2. The van der Waals surface area contributed by atoms with Gasteiger partial charge in [-0.2, -0.15) is 0 Å². The highest BCUT2D eigenvalue weighted by Gasteiger charge is 2.23. The van der Waals surface area contributed by atoms with Gasteiger partial charge in [0.25, 0.3) is 0 Å². The number of aromatic nitrogens is 2. The molecule has 1 aromatic heterocycles. The second-order valence-electron chi connectivity index (χ2n) is 4.54. The van der Waals surface area contributed by atoms with Gasteiger partial charge in [0.1, 0.15) is 6.33 Å². The summed E-state index contributed by atoms with van der Waals surface area (Å²) >= 11 is 0. The Labute approximate surface area is 122 Å². The van der Waals surface area contributed by atoms with Gasteiger partial charge in [-0.25, -0.2) is 9.97 Å². The van der Waals surface area contributed by atoms with E-state index in [-0.39, 0.29) is 17.3 Å². The molecule has 7 heteroatoms. The number of nitrogens with one attached hydrogen (secondary N) is 2. The molecule has 0 radical (unpaired) electrons. The first-order valence-corrected chi connectivity index (χ1v) is 6.69. The predicted octanol–water partition coefficient (Wildman–Crippen LogP) is 3.26. The second-order valence-corrected chi connectivity index (χ2v) is 4.54. The highest BCUT2D eigenvalue weighted by Crippen LogP contribution is 2.31. The Morgan fingerprint density at radius 3 is 2.62 bits per heavy atom. The monoisotopic (exact) mass is 287 g/mol. The van der Waals surface area contributed by atoms with Crippen molar-refractivity contribution in [2.24, 2.45) is 0 Å². The third-order valence-electron chi connectivity index (χ3n) is 2.95. The van der Waals surface area contributed by atoms with Crippen LogP contribution in [0.5, 0.6) is 0 Å². The zero-order valence-corrected chi connectivity index (χ0v) is 12.0. The number of para-hydroxylation sites is 1. The fraction of sp³-hybridized carbons (Fsp3) is 0.286. The average Bonchev–Trinajstić information content (AvgIpc) is 2.47. The predicted molar refractivity (Wildman–Crippen MR) is 81.9 cm³/mol. The standard InChI is InChI=1S/C14H17N5O2/c1-3-8-15-13-12(19(20)21)14(17-9-16-13)18-11-7-5-4-6-10(11)2/h4-7,9H,3,8H2,1-2H3,(H2,15,16,17,18). The van der Waals surface area contributed by atoms with Crippen molar-refractivity contribution in [2.75, 3.05) is 17.2 Å². The summed E-state index contributed by atoms with van der Waals surface area (Å²) < 4.78 is 0. The van der Waals surface area contributed by atoms with E-state index in [4.69, 9.17) is 0 Å². The van der Waals surface area contributed by atoms with Crippen LogP contribution in [0.15, 0.2) is 30.6 Å². The molecule has 110 valence electrons. The lowest BCUT2D eigenvalue weighted by Gasteiger charge is -2.11. The van der Waals surface area contributed by atoms with Gasteiger partial charge in [-0.1, -0.05) is 25.1 Å². The third kappa shape index (κ3) is 3.44. The fourth-order valence-corrected chi connectivity index (χ4v) is 1.86. The highest BCUT2D eigenvalue weighted by molar-refractivity contribution is 5.74. The minimum Gasteiger partial charge on any atom is -0.364 e. The number of nitrogens with zero attached hydrogens (tertiary/aromatic N) is 3. The molecule has 0 fully saturated rings. The van der Waals surface area contributed by atoms with Crippen LogP contribution in [-0.2, 0) is 0 Å². The normalized spacial score (nSPS) is 10.2. The summed E-state index contributed by atoms with van der Waals surface area (Å²) in [4.78, 5) is 18.8. The quantitative estimate of drug-likeness (QED) is 0.625. The summed E-state index contributed by atoms with van der Waals surface area (Å²) in [6, 6.07) is 7.54. The summed E-state index contributed by atoms with van der Waals surface area (Å²) in [7, 11) is 0. The van der Waals surface area contributed by atoms with Crippen molar-refractivity contribution in [1.82, 2.24) is 9.97 Å². The molecule has 0 atom stereocenters. The number of aryl methyl sites for hydroxylation is 1. The van der Waals surface area contributed by atoms with Crippen molar-refractivity contribution in [1.29, 1.82) is 0 Å². The molecule has 2 rings (SSSR count). The summed E-state index contributed by atoms with van der Waals surface area (Å²) in [6.45, 7) is 4.51. The molecular weight excluding hydrogens is 270 g/mol.